The van der Waals surface area contributed by atoms with Gasteiger partial charge in [-0.15, -0.1) is 0 Å². The molecule has 0 aromatic rings. The van der Waals surface area contributed by atoms with Crippen LogP contribution in [0.1, 0.15) is 0 Å². The Labute approximate surface area is 134 Å². The molecule has 11 heteroatoms. The summed E-state index contributed by atoms with van der Waals surface area (Å²) in [5, 5.41) is 67.2. The molecule has 0 unspecified atom stereocenters. The summed E-state index contributed by atoms with van der Waals surface area (Å²) < 4.78 is 14.7. The summed E-state index contributed by atoms with van der Waals surface area (Å²) in [5.41, 5.74) is 0. The molecule has 2 aliphatic heterocycles. The van der Waals surface area contributed by atoms with Crippen molar-refractivity contribution in [2.45, 2.75) is 53.7 Å². The van der Waals surface area contributed by atoms with Gasteiger partial charge < -0.3 is 0 Å². The average Bonchev–Trinajstić information content (AvgIpc) is 2.52. The molecule has 2 heterocycles. The van der Waals surface area contributed by atoms with Crippen LogP contribution in [0.3, 0.4) is 0 Å². The molecule has 7 N–H and O–H groups in total. The number of rotatable bonds is 4. The third-order valence-electron chi connectivity index (χ3n) is 3.77. The van der Waals surface area contributed by atoms with E-state index >= 15 is 0 Å². The van der Waals surface area contributed by atoms with Crippen molar-refractivity contribution in [1.82, 2.24) is 0 Å². The van der Waals surface area contributed by atoms with E-state index in [4.69, 9.17) is 18.1 Å². The zero-order valence-corrected chi connectivity index (χ0v) is 14.0. The van der Waals surface area contributed by atoms with Crippen LogP contribution in [-0.2, 0) is 13.0 Å². The molecule has 127 valence electrons. The minimum absolute atomic E-state index is 0.469. The van der Waals surface area contributed by atoms with E-state index in [0.29, 0.717) is 0 Å². The summed E-state index contributed by atoms with van der Waals surface area (Å²) in [6, 6.07) is 0. The molecule has 2 aliphatic rings. The van der Waals surface area contributed by atoms with Gasteiger partial charge in [0.25, 0.3) is 0 Å². The van der Waals surface area contributed by atoms with Crippen LogP contribution < -0.4 is 0 Å². The Morgan fingerprint density at radius 1 is 0.818 bits per heavy atom. The van der Waals surface area contributed by atoms with Crippen molar-refractivity contribution in [2.75, 3.05) is 13.2 Å². The maximum absolute atomic E-state index is 9.97. The van der Waals surface area contributed by atoms with Crippen LogP contribution >= 0.6 is 0 Å². The minimum atomic E-state index is -1.64. The summed E-state index contributed by atoms with van der Waals surface area (Å²) in [6.45, 7) is -1.09. The van der Waals surface area contributed by atoms with E-state index in [9.17, 15) is 30.6 Å². The average molecular weight is 382 g/mol. The molecule has 0 aromatic carbocycles. The molecular formula is C11H20GaO10. The Kier molecular flexibility index (Phi) is 6.65. The van der Waals surface area contributed by atoms with Gasteiger partial charge >= 0.3 is 133 Å². The summed E-state index contributed by atoms with van der Waals surface area (Å²) in [4.78, 5) is 0. The van der Waals surface area contributed by atoms with Gasteiger partial charge in [-0.1, -0.05) is 0 Å². The first-order chi connectivity index (χ1) is 10.4. The predicted molar refractivity (Wildman–Crippen MR) is 68.4 cm³/mol. The molecule has 2 fully saturated rings. The van der Waals surface area contributed by atoms with E-state index in [-0.39, 0.29) is 0 Å². The Bertz CT molecular complexity index is 356. The van der Waals surface area contributed by atoms with Crippen molar-refractivity contribution in [3.63, 3.8) is 0 Å². The fraction of sp³-hybridized carbons (Fsp3) is 1.00. The molecule has 9 atom stereocenters. The van der Waals surface area contributed by atoms with E-state index in [1.165, 1.54) is 0 Å². The second-order valence-electron chi connectivity index (χ2n) is 5.27. The van der Waals surface area contributed by atoms with Crippen molar-refractivity contribution in [1.29, 1.82) is 0 Å². The Balaban J connectivity index is 2.09. The molecule has 0 saturated carbocycles. The number of hydrogen-bond donors (Lipinski definition) is 7. The van der Waals surface area contributed by atoms with Crippen LogP contribution in [0.5, 0.6) is 0 Å². The zero-order chi connectivity index (χ0) is 16.4. The third-order valence-corrected chi connectivity index (χ3v) is 6.24. The van der Waals surface area contributed by atoms with Gasteiger partial charge in [0, 0.05) is 0 Å². The summed E-state index contributed by atoms with van der Waals surface area (Å²) in [6.07, 6.45) is -10.8. The van der Waals surface area contributed by atoms with Crippen LogP contribution in [0.25, 0.3) is 0 Å². The van der Waals surface area contributed by atoms with Crippen molar-refractivity contribution < 1.29 is 48.7 Å². The molecule has 0 aliphatic carbocycles. The molecular weight excluding hydrogens is 362 g/mol. The first-order valence-corrected chi connectivity index (χ1v) is 9.21. The number of aliphatic hydroxyl groups is 7. The van der Waals surface area contributed by atoms with Crippen molar-refractivity contribution in [2.24, 2.45) is 0 Å². The standard InChI is InChI=1S/C11H20O10.Ga/c12-1-4(15)10(5(16)2-13)21-11-9(19)8(18)7(17)6(3-14)20-11;/h1,4-15,17-19H,2-3H2;/q-1;+1/t4-,5-,6-,7+,8+,9-,10+,11+;/m1./s1. The van der Waals surface area contributed by atoms with Crippen molar-refractivity contribution >= 4 is 17.8 Å². The fourth-order valence-corrected chi connectivity index (χ4v) is 4.47. The fourth-order valence-electron chi connectivity index (χ4n) is 2.40. The van der Waals surface area contributed by atoms with Crippen LogP contribution in [0, 0.1) is 0 Å². The molecule has 2 saturated heterocycles. The zero-order valence-electron chi connectivity index (χ0n) is 11.5. The topological polar surface area (TPSA) is 169 Å². The second-order valence-corrected chi connectivity index (χ2v) is 7.85. The molecule has 2 rings (SSSR count). The number of ether oxygens (including phenoxy) is 2. The Hall–Kier alpha value is 0.236. The van der Waals surface area contributed by atoms with Gasteiger partial charge in [0.1, 0.15) is 0 Å². The summed E-state index contributed by atoms with van der Waals surface area (Å²) >= 11 is -1.61. The van der Waals surface area contributed by atoms with Crippen LogP contribution in [-0.4, -0.2) is 120 Å². The molecule has 0 spiro atoms. The van der Waals surface area contributed by atoms with Crippen molar-refractivity contribution in [3.05, 3.63) is 0 Å². The van der Waals surface area contributed by atoms with Gasteiger partial charge in [-0.05, 0) is 0 Å². The monoisotopic (exact) mass is 381 g/mol. The van der Waals surface area contributed by atoms with Gasteiger partial charge in [-0.2, -0.15) is 0 Å². The van der Waals surface area contributed by atoms with Gasteiger partial charge in [-0.25, -0.2) is 0 Å². The van der Waals surface area contributed by atoms with Gasteiger partial charge in [0.15, 0.2) is 0 Å². The van der Waals surface area contributed by atoms with E-state index in [0.717, 1.165) is 0 Å². The van der Waals surface area contributed by atoms with Crippen LogP contribution in [0.2, 0.25) is 0 Å². The first kappa shape index (κ1) is 18.6. The molecule has 10 nitrogen and oxygen atoms in total. The van der Waals surface area contributed by atoms with E-state index in [1.54, 1.807) is 0 Å². The second kappa shape index (κ2) is 7.87. The van der Waals surface area contributed by atoms with Gasteiger partial charge in [0.2, 0.25) is 0 Å². The Morgan fingerprint density at radius 2 is 1.45 bits per heavy atom. The Morgan fingerprint density at radius 3 is 2.05 bits per heavy atom. The SMILES string of the molecule is OC[C@H]1O[C@@H](O[C@H]2[C@H](O)[C@@H](O)[Ga][O][C@@H]2CO)[C@H](O)[C@@H](O)[C@H]1O. The van der Waals surface area contributed by atoms with E-state index in [2.05, 4.69) is 0 Å². The van der Waals surface area contributed by atoms with Crippen molar-refractivity contribution in [3.8, 4) is 0 Å². The molecule has 0 aromatic heterocycles. The first-order valence-electron chi connectivity index (χ1n) is 6.82. The summed E-state index contributed by atoms with van der Waals surface area (Å²) in [5.74, 6) is 0. The molecule has 1 radical (unpaired) electrons. The number of aliphatic hydroxyl groups excluding tert-OH is 7. The van der Waals surface area contributed by atoms with Crippen LogP contribution in [0.4, 0.5) is 0 Å². The molecule has 0 amide bonds. The molecule has 22 heavy (non-hydrogen) atoms. The number of hydrogen-bond acceptors (Lipinski definition) is 10. The quantitative estimate of drug-likeness (QED) is 0.234. The van der Waals surface area contributed by atoms with Crippen LogP contribution in [0.15, 0.2) is 0 Å². The predicted octanol–water partition coefficient (Wildman–Crippen LogP) is -5.14. The van der Waals surface area contributed by atoms with E-state index < -0.39 is 84.7 Å². The third kappa shape index (κ3) is 3.66. The van der Waals surface area contributed by atoms with E-state index in [1.807, 2.05) is 0 Å². The van der Waals surface area contributed by atoms with Gasteiger partial charge in [-0.3, -0.25) is 0 Å². The summed E-state index contributed by atoms with van der Waals surface area (Å²) in [7, 11) is 0. The maximum atomic E-state index is 9.97. The molecule has 0 bridgehead atoms. The van der Waals surface area contributed by atoms with Gasteiger partial charge in [0.05, 0.1) is 0 Å². The normalized spacial score (nSPS) is 49.7.